The lowest BCUT2D eigenvalue weighted by Crippen LogP contribution is -2.17. The molecule has 0 amide bonds. The zero-order chi connectivity index (χ0) is 13.7. The maximum Gasteiger partial charge on any atom is 0.137 e. The summed E-state index contributed by atoms with van der Waals surface area (Å²) in [5.74, 6) is -0.209. The van der Waals surface area contributed by atoms with Crippen LogP contribution in [0, 0.1) is 5.82 Å². The van der Waals surface area contributed by atoms with Gasteiger partial charge in [0.25, 0.3) is 0 Å². The van der Waals surface area contributed by atoms with Crippen LogP contribution in [0.3, 0.4) is 0 Å². The topological polar surface area (TPSA) is 24.9 Å². The summed E-state index contributed by atoms with van der Waals surface area (Å²) in [6.07, 6.45) is 1.77. The monoisotopic (exact) mass is 276 g/mol. The van der Waals surface area contributed by atoms with E-state index in [0.717, 1.165) is 17.1 Å². The summed E-state index contributed by atoms with van der Waals surface area (Å²) in [7, 11) is 0. The molecule has 0 saturated carbocycles. The number of aromatic nitrogens is 1. The number of rotatable bonds is 5. The molecule has 1 aromatic heterocycles. The molecule has 1 unspecified atom stereocenters. The molecule has 1 heterocycles. The fourth-order valence-corrected chi connectivity index (χ4v) is 2.66. The molecule has 1 atom stereocenters. The Morgan fingerprint density at radius 2 is 2.11 bits per heavy atom. The number of hydrogen-bond acceptors (Lipinski definition) is 3. The van der Waals surface area contributed by atoms with E-state index < -0.39 is 0 Å². The standard InChI is InChI=1S/C15H17FN2S/c1-3-17-11(2)12-8-9-18-15(10-12)19-14-7-5-4-6-13(14)16/h4-11,17H,3H2,1-2H3. The summed E-state index contributed by atoms with van der Waals surface area (Å²) in [5, 5.41) is 4.17. The smallest absolute Gasteiger partial charge is 0.137 e. The second kappa shape index (κ2) is 6.68. The third-order valence-electron chi connectivity index (χ3n) is 2.82. The van der Waals surface area contributed by atoms with Crippen LogP contribution < -0.4 is 5.32 Å². The first-order chi connectivity index (χ1) is 9.20. The molecule has 2 nitrogen and oxygen atoms in total. The first-order valence-electron chi connectivity index (χ1n) is 6.32. The molecule has 1 N–H and O–H groups in total. The number of nitrogens with one attached hydrogen (secondary N) is 1. The Labute approximate surface area is 117 Å². The van der Waals surface area contributed by atoms with Crippen LogP contribution in [-0.4, -0.2) is 11.5 Å². The van der Waals surface area contributed by atoms with Crippen LogP contribution >= 0.6 is 11.8 Å². The SMILES string of the molecule is CCNC(C)c1ccnc(Sc2ccccc2F)c1. The lowest BCUT2D eigenvalue weighted by molar-refractivity contribution is 0.595. The zero-order valence-corrected chi connectivity index (χ0v) is 11.9. The molecule has 2 rings (SSSR count). The van der Waals surface area contributed by atoms with Crippen LogP contribution in [0.15, 0.2) is 52.5 Å². The molecule has 0 saturated heterocycles. The number of halogens is 1. The third kappa shape index (κ3) is 3.78. The molecule has 100 valence electrons. The molecule has 0 fully saturated rings. The van der Waals surface area contributed by atoms with Gasteiger partial charge in [-0.05, 0) is 43.3 Å². The second-order valence-corrected chi connectivity index (χ2v) is 5.30. The van der Waals surface area contributed by atoms with Crippen molar-refractivity contribution in [2.45, 2.75) is 29.8 Å². The van der Waals surface area contributed by atoms with Gasteiger partial charge in [-0.2, -0.15) is 0 Å². The number of pyridine rings is 1. The van der Waals surface area contributed by atoms with Crippen LogP contribution in [0.5, 0.6) is 0 Å². The van der Waals surface area contributed by atoms with E-state index in [1.165, 1.54) is 17.8 Å². The van der Waals surface area contributed by atoms with Crippen molar-refractivity contribution in [2.75, 3.05) is 6.54 Å². The van der Waals surface area contributed by atoms with Gasteiger partial charge in [0.1, 0.15) is 10.8 Å². The van der Waals surface area contributed by atoms with E-state index in [-0.39, 0.29) is 11.9 Å². The molecule has 0 bridgehead atoms. The van der Waals surface area contributed by atoms with Gasteiger partial charge in [0.2, 0.25) is 0 Å². The van der Waals surface area contributed by atoms with E-state index in [2.05, 4.69) is 24.1 Å². The van der Waals surface area contributed by atoms with Crippen molar-refractivity contribution in [1.82, 2.24) is 10.3 Å². The van der Waals surface area contributed by atoms with Gasteiger partial charge < -0.3 is 5.32 Å². The summed E-state index contributed by atoms with van der Waals surface area (Å²) < 4.78 is 13.6. The van der Waals surface area contributed by atoms with Crippen LogP contribution in [0.25, 0.3) is 0 Å². The first-order valence-corrected chi connectivity index (χ1v) is 7.14. The molecule has 19 heavy (non-hydrogen) atoms. The largest absolute Gasteiger partial charge is 0.310 e. The maximum atomic E-state index is 13.6. The third-order valence-corrected chi connectivity index (χ3v) is 3.80. The Balaban J connectivity index is 2.18. The average molecular weight is 276 g/mol. The summed E-state index contributed by atoms with van der Waals surface area (Å²) >= 11 is 1.35. The highest BCUT2D eigenvalue weighted by Crippen LogP contribution is 2.29. The van der Waals surface area contributed by atoms with Crippen LogP contribution in [0.4, 0.5) is 4.39 Å². The van der Waals surface area contributed by atoms with Crippen molar-refractivity contribution >= 4 is 11.8 Å². The van der Waals surface area contributed by atoms with Gasteiger partial charge in [-0.25, -0.2) is 9.37 Å². The Morgan fingerprint density at radius 1 is 1.32 bits per heavy atom. The number of nitrogens with zero attached hydrogens (tertiary/aromatic N) is 1. The van der Waals surface area contributed by atoms with Crippen LogP contribution in [0.1, 0.15) is 25.5 Å². The van der Waals surface area contributed by atoms with Gasteiger partial charge in [0.15, 0.2) is 0 Å². The minimum Gasteiger partial charge on any atom is -0.310 e. The molecule has 4 heteroatoms. The van der Waals surface area contributed by atoms with E-state index in [1.807, 2.05) is 18.2 Å². The highest BCUT2D eigenvalue weighted by atomic mass is 32.2. The molecule has 0 aliphatic heterocycles. The van der Waals surface area contributed by atoms with Crippen molar-refractivity contribution < 1.29 is 4.39 Å². The summed E-state index contributed by atoms with van der Waals surface area (Å²) in [4.78, 5) is 4.89. The molecular formula is C15H17FN2S. The molecule has 2 aromatic rings. The molecule has 0 aliphatic carbocycles. The lowest BCUT2D eigenvalue weighted by atomic mass is 10.1. The van der Waals surface area contributed by atoms with E-state index >= 15 is 0 Å². The first kappa shape index (κ1) is 14.0. The molecular weight excluding hydrogens is 259 g/mol. The predicted octanol–water partition coefficient (Wildman–Crippen LogP) is 4.04. The van der Waals surface area contributed by atoms with Gasteiger partial charge >= 0.3 is 0 Å². The van der Waals surface area contributed by atoms with E-state index in [9.17, 15) is 4.39 Å². The Bertz CT molecular complexity index is 545. The number of hydrogen-bond donors (Lipinski definition) is 1. The Hall–Kier alpha value is -1.39. The average Bonchev–Trinajstić information content (AvgIpc) is 2.42. The summed E-state index contributed by atoms with van der Waals surface area (Å²) in [5.41, 5.74) is 1.16. The normalized spacial score (nSPS) is 12.4. The van der Waals surface area contributed by atoms with Gasteiger partial charge in [0, 0.05) is 17.1 Å². The predicted molar refractivity (Wildman–Crippen MR) is 76.9 cm³/mol. The minimum absolute atomic E-state index is 0.209. The summed E-state index contributed by atoms with van der Waals surface area (Å²) in [6.45, 7) is 5.10. The van der Waals surface area contributed by atoms with Crippen molar-refractivity contribution in [3.8, 4) is 0 Å². The fraction of sp³-hybridized carbons (Fsp3) is 0.267. The van der Waals surface area contributed by atoms with Gasteiger partial charge in [-0.3, -0.25) is 0 Å². The molecule has 1 aromatic carbocycles. The Morgan fingerprint density at radius 3 is 2.84 bits per heavy atom. The minimum atomic E-state index is -0.209. The van der Waals surface area contributed by atoms with Gasteiger partial charge in [0.05, 0.1) is 0 Å². The van der Waals surface area contributed by atoms with Crippen molar-refractivity contribution in [2.24, 2.45) is 0 Å². The molecule has 0 spiro atoms. The Kier molecular flexibility index (Phi) is 4.93. The fourth-order valence-electron chi connectivity index (χ4n) is 1.81. The van der Waals surface area contributed by atoms with Crippen molar-refractivity contribution in [1.29, 1.82) is 0 Å². The number of benzene rings is 1. The van der Waals surface area contributed by atoms with Gasteiger partial charge in [-0.1, -0.05) is 30.8 Å². The van der Waals surface area contributed by atoms with Crippen LogP contribution in [0.2, 0.25) is 0 Å². The van der Waals surface area contributed by atoms with E-state index in [0.29, 0.717) is 4.90 Å². The van der Waals surface area contributed by atoms with E-state index in [1.54, 1.807) is 18.3 Å². The highest BCUT2D eigenvalue weighted by molar-refractivity contribution is 7.99. The quantitative estimate of drug-likeness (QED) is 0.892. The van der Waals surface area contributed by atoms with E-state index in [4.69, 9.17) is 0 Å². The summed E-state index contributed by atoms with van der Waals surface area (Å²) in [6, 6.07) is 11.0. The van der Waals surface area contributed by atoms with Gasteiger partial charge in [-0.15, -0.1) is 0 Å². The zero-order valence-electron chi connectivity index (χ0n) is 11.1. The molecule has 0 radical (unpaired) electrons. The highest BCUT2D eigenvalue weighted by Gasteiger charge is 2.08. The van der Waals surface area contributed by atoms with Crippen LogP contribution in [-0.2, 0) is 0 Å². The second-order valence-electron chi connectivity index (χ2n) is 4.24. The maximum absolute atomic E-state index is 13.6. The lowest BCUT2D eigenvalue weighted by Gasteiger charge is -2.13. The van der Waals surface area contributed by atoms with Crippen molar-refractivity contribution in [3.05, 3.63) is 54.0 Å². The molecule has 0 aliphatic rings. The van der Waals surface area contributed by atoms with Crippen molar-refractivity contribution in [3.63, 3.8) is 0 Å².